The van der Waals surface area contributed by atoms with Crippen LogP contribution < -0.4 is 10.6 Å². The van der Waals surface area contributed by atoms with Gasteiger partial charge in [0.05, 0.1) is 25.4 Å². The van der Waals surface area contributed by atoms with Gasteiger partial charge < -0.3 is 20.5 Å². The summed E-state index contributed by atoms with van der Waals surface area (Å²) in [5.41, 5.74) is 0.482. The molecule has 0 saturated heterocycles. The molecule has 1 rings (SSSR count). The SMILES string of the molecule is COCC(C)NC(=O)NCc1cn(CC(=O)O)nn1. The van der Waals surface area contributed by atoms with Crippen molar-refractivity contribution in [1.29, 1.82) is 0 Å². The molecule has 1 atom stereocenters. The van der Waals surface area contributed by atoms with E-state index in [-0.39, 0.29) is 25.2 Å². The number of rotatable bonds is 7. The Labute approximate surface area is 109 Å². The Hall–Kier alpha value is -2.16. The van der Waals surface area contributed by atoms with Crippen molar-refractivity contribution in [2.45, 2.75) is 26.1 Å². The first-order valence-corrected chi connectivity index (χ1v) is 5.65. The van der Waals surface area contributed by atoms with Crippen LogP contribution in [0.4, 0.5) is 4.79 Å². The smallest absolute Gasteiger partial charge is 0.325 e. The second-order valence-corrected chi connectivity index (χ2v) is 3.98. The number of aromatic nitrogens is 3. The van der Waals surface area contributed by atoms with Gasteiger partial charge in [-0.1, -0.05) is 5.21 Å². The van der Waals surface area contributed by atoms with E-state index in [1.807, 2.05) is 6.92 Å². The minimum atomic E-state index is -1.00. The molecule has 0 aromatic carbocycles. The van der Waals surface area contributed by atoms with Crippen molar-refractivity contribution in [2.75, 3.05) is 13.7 Å². The van der Waals surface area contributed by atoms with Gasteiger partial charge >= 0.3 is 12.0 Å². The van der Waals surface area contributed by atoms with E-state index in [1.165, 1.54) is 10.9 Å². The molecule has 0 fully saturated rings. The number of urea groups is 1. The van der Waals surface area contributed by atoms with Gasteiger partial charge in [0.25, 0.3) is 0 Å². The maximum Gasteiger partial charge on any atom is 0.325 e. The van der Waals surface area contributed by atoms with Crippen LogP contribution >= 0.6 is 0 Å². The summed E-state index contributed by atoms with van der Waals surface area (Å²) in [7, 11) is 1.55. The van der Waals surface area contributed by atoms with Crippen molar-refractivity contribution in [1.82, 2.24) is 25.6 Å². The third kappa shape index (κ3) is 5.82. The lowest BCUT2D eigenvalue weighted by Crippen LogP contribution is -2.42. The number of carboxylic acid groups (broad SMARTS) is 1. The molecular formula is C10H17N5O4. The van der Waals surface area contributed by atoms with Crippen LogP contribution in [0.15, 0.2) is 6.20 Å². The summed E-state index contributed by atoms with van der Waals surface area (Å²) in [5.74, 6) is -1.00. The van der Waals surface area contributed by atoms with E-state index >= 15 is 0 Å². The number of ether oxygens (including phenoxy) is 1. The maximum absolute atomic E-state index is 11.5. The molecule has 0 aliphatic carbocycles. The highest BCUT2D eigenvalue weighted by Crippen LogP contribution is 1.92. The zero-order valence-corrected chi connectivity index (χ0v) is 10.8. The number of carbonyl (C=O) groups excluding carboxylic acids is 1. The van der Waals surface area contributed by atoms with Crippen molar-refractivity contribution in [3.63, 3.8) is 0 Å². The molecule has 2 amide bonds. The standard InChI is InChI=1S/C10H17N5O4/c1-7(6-19-2)12-10(18)11-3-8-4-15(14-13-8)5-9(16)17/h4,7H,3,5-6H2,1-2H3,(H,16,17)(H2,11,12,18). The topological polar surface area (TPSA) is 118 Å². The van der Waals surface area contributed by atoms with Gasteiger partial charge in [0, 0.05) is 7.11 Å². The van der Waals surface area contributed by atoms with E-state index in [0.717, 1.165) is 0 Å². The Bertz CT molecular complexity index is 433. The lowest BCUT2D eigenvalue weighted by atomic mass is 10.4. The van der Waals surface area contributed by atoms with Crippen molar-refractivity contribution in [3.05, 3.63) is 11.9 Å². The molecule has 1 aromatic rings. The second kappa shape index (κ2) is 7.31. The lowest BCUT2D eigenvalue weighted by Gasteiger charge is -2.12. The Kier molecular flexibility index (Phi) is 5.73. The van der Waals surface area contributed by atoms with Gasteiger partial charge in [-0.25, -0.2) is 9.48 Å². The van der Waals surface area contributed by atoms with Crippen molar-refractivity contribution in [3.8, 4) is 0 Å². The zero-order valence-electron chi connectivity index (χ0n) is 10.8. The van der Waals surface area contributed by atoms with E-state index in [0.29, 0.717) is 12.3 Å². The Balaban J connectivity index is 2.33. The van der Waals surface area contributed by atoms with Crippen molar-refractivity contribution < 1.29 is 19.4 Å². The fraction of sp³-hybridized carbons (Fsp3) is 0.600. The number of carboxylic acids is 1. The summed E-state index contributed by atoms with van der Waals surface area (Å²) in [6.45, 7) is 2.14. The van der Waals surface area contributed by atoms with Crippen LogP contribution in [0.5, 0.6) is 0 Å². The zero-order chi connectivity index (χ0) is 14.3. The number of carbonyl (C=O) groups is 2. The molecule has 1 aromatic heterocycles. The first kappa shape index (κ1) is 14.9. The fourth-order valence-electron chi connectivity index (χ4n) is 1.37. The van der Waals surface area contributed by atoms with Crippen molar-refractivity contribution >= 4 is 12.0 Å². The van der Waals surface area contributed by atoms with E-state index in [1.54, 1.807) is 7.11 Å². The average molecular weight is 271 g/mol. The highest BCUT2D eigenvalue weighted by atomic mass is 16.5. The van der Waals surface area contributed by atoms with Crippen molar-refractivity contribution in [2.24, 2.45) is 0 Å². The van der Waals surface area contributed by atoms with Gasteiger partial charge in [-0.2, -0.15) is 0 Å². The first-order valence-electron chi connectivity index (χ1n) is 5.65. The van der Waals surface area contributed by atoms with Crippen LogP contribution in [-0.4, -0.2) is 51.9 Å². The van der Waals surface area contributed by atoms with E-state index in [4.69, 9.17) is 9.84 Å². The molecule has 0 saturated carbocycles. The molecule has 0 aliphatic heterocycles. The molecule has 106 valence electrons. The molecule has 0 aliphatic rings. The number of amides is 2. The predicted octanol–water partition coefficient (Wildman–Crippen LogP) is -0.803. The van der Waals surface area contributed by atoms with Crippen LogP contribution in [0.2, 0.25) is 0 Å². The van der Waals surface area contributed by atoms with Gasteiger partial charge in [-0.15, -0.1) is 5.10 Å². The number of nitrogens with one attached hydrogen (secondary N) is 2. The van der Waals surface area contributed by atoms with Gasteiger partial charge in [0.1, 0.15) is 12.2 Å². The minimum Gasteiger partial charge on any atom is -0.480 e. The van der Waals surface area contributed by atoms with Gasteiger partial charge in [-0.3, -0.25) is 4.79 Å². The minimum absolute atomic E-state index is 0.104. The normalized spacial score (nSPS) is 11.9. The number of nitrogens with zero attached hydrogens (tertiary/aromatic N) is 3. The third-order valence-electron chi connectivity index (χ3n) is 2.11. The van der Waals surface area contributed by atoms with Gasteiger partial charge in [-0.05, 0) is 6.92 Å². The number of aliphatic carboxylic acids is 1. The molecule has 0 radical (unpaired) electrons. The molecular weight excluding hydrogens is 254 g/mol. The van der Waals surface area contributed by atoms with E-state index < -0.39 is 5.97 Å². The quantitative estimate of drug-likeness (QED) is 0.597. The van der Waals surface area contributed by atoms with Gasteiger partial charge in [0.15, 0.2) is 0 Å². The Morgan fingerprint density at radius 1 is 1.58 bits per heavy atom. The average Bonchev–Trinajstić information content (AvgIpc) is 2.73. The second-order valence-electron chi connectivity index (χ2n) is 3.98. The molecule has 19 heavy (non-hydrogen) atoms. The molecule has 9 heteroatoms. The number of hydrogen-bond acceptors (Lipinski definition) is 5. The van der Waals surface area contributed by atoms with Crippen LogP contribution in [-0.2, 0) is 22.6 Å². The lowest BCUT2D eigenvalue weighted by molar-refractivity contribution is -0.137. The predicted molar refractivity (Wildman–Crippen MR) is 64.4 cm³/mol. The maximum atomic E-state index is 11.5. The van der Waals surface area contributed by atoms with Crippen LogP contribution in [0.1, 0.15) is 12.6 Å². The Morgan fingerprint density at radius 2 is 2.32 bits per heavy atom. The molecule has 1 heterocycles. The third-order valence-corrected chi connectivity index (χ3v) is 2.11. The summed E-state index contributed by atoms with van der Waals surface area (Å²) in [6.07, 6.45) is 1.47. The highest BCUT2D eigenvalue weighted by molar-refractivity contribution is 5.74. The molecule has 0 bridgehead atoms. The van der Waals surface area contributed by atoms with E-state index in [2.05, 4.69) is 20.9 Å². The fourth-order valence-corrected chi connectivity index (χ4v) is 1.37. The molecule has 3 N–H and O–H groups in total. The Morgan fingerprint density at radius 3 is 2.95 bits per heavy atom. The molecule has 1 unspecified atom stereocenters. The van der Waals surface area contributed by atoms with E-state index in [9.17, 15) is 9.59 Å². The monoisotopic (exact) mass is 271 g/mol. The summed E-state index contributed by atoms with van der Waals surface area (Å²) < 4.78 is 6.07. The highest BCUT2D eigenvalue weighted by Gasteiger charge is 2.08. The number of hydrogen-bond donors (Lipinski definition) is 3. The summed E-state index contributed by atoms with van der Waals surface area (Å²) >= 11 is 0. The summed E-state index contributed by atoms with van der Waals surface area (Å²) in [6, 6.07) is -0.454. The summed E-state index contributed by atoms with van der Waals surface area (Å²) in [4.78, 5) is 21.9. The first-order chi connectivity index (χ1) is 9.01. The van der Waals surface area contributed by atoms with Crippen LogP contribution in [0.3, 0.4) is 0 Å². The van der Waals surface area contributed by atoms with Crippen LogP contribution in [0, 0.1) is 0 Å². The largest absolute Gasteiger partial charge is 0.480 e. The molecule has 0 spiro atoms. The van der Waals surface area contributed by atoms with Gasteiger partial charge in [0.2, 0.25) is 0 Å². The summed E-state index contributed by atoms with van der Waals surface area (Å²) in [5, 5.41) is 21.2. The number of methoxy groups -OCH3 is 1. The van der Waals surface area contributed by atoms with Crippen LogP contribution in [0.25, 0.3) is 0 Å². The molecule has 9 nitrogen and oxygen atoms in total.